The second-order valence-corrected chi connectivity index (χ2v) is 8.40. The molecule has 1 fully saturated rings. The van der Waals surface area contributed by atoms with E-state index in [1.54, 1.807) is 0 Å². The Morgan fingerprint density at radius 2 is 2.00 bits per heavy atom. The lowest BCUT2D eigenvalue weighted by atomic mass is 9.93. The Bertz CT molecular complexity index is 754. The first-order valence-corrected chi connectivity index (χ1v) is 10.1. The van der Waals surface area contributed by atoms with Gasteiger partial charge >= 0.3 is 6.09 Å². The average Bonchev–Trinajstić information content (AvgIpc) is 2.53. The standard InChI is InChI=1S/C17H23F2NO5S/c1-11(2)10-24-17(21)20-7-6-13(25-26(3,22)23)9-16(20)12-4-5-14(18)15(19)8-12/h4-5,8,11,13,16H,6-7,9-10H2,1-3H3/t13-,16+/m0/s1. The summed E-state index contributed by atoms with van der Waals surface area (Å²) in [7, 11) is -3.67. The van der Waals surface area contributed by atoms with Crippen molar-refractivity contribution in [3.05, 3.63) is 35.4 Å². The number of hydrogen-bond donors (Lipinski definition) is 0. The van der Waals surface area contributed by atoms with Gasteiger partial charge < -0.3 is 9.64 Å². The van der Waals surface area contributed by atoms with Gasteiger partial charge in [0.25, 0.3) is 10.1 Å². The van der Waals surface area contributed by atoms with Crippen LogP contribution >= 0.6 is 0 Å². The quantitative estimate of drug-likeness (QED) is 0.721. The van der Waals surface area contributed by atoms with Gasteiger partial charge in [-0.25, -0.2) is 13.6 Å². The fraction of sp³-hybridized carbons (Fsp3) is 0.588. The molecule has 2 atom stereocenters. The molecule has 1 heterocycles. The maximum absolute atomic E-state index is 13.6. The molecule has 0 radical (unpaired) electrons. The summed E-state index contributed by atoms with van der Waals surface area (Å²) in [6, 6.07) is 2.68. The first-order valence-electron chi connectivity index (χ1n) is 8.33. The van der Waals surface area contributed by atoms with Crippen LogP contribution in [-0.2, 0) is 19.0 Å². The summed E-state index contributed by atoms with van der Waals surface area (Å²) < 4.78 is 60.0. The molecule has 2 rings (SSSR count). The fourth-order valence-electron chi connectivity index (χ4n) is 2.84. The van der Waals surface area contributed by atoms with Crippen LogP contribution < -0.4 is 0 Å². The Morgan fingerprint density at radius 3 is 2.58 bits per heavy atom. The van der Waals surface area contributed by atoms with Crippen LogP contribution in [0.4, 0.5) is 13.6 Å². The molecule has 0 N–H and O–H groups in total. The van der Waals surface area contributed by atoms with Gasteiger partial charge in [0, 0.05) is 6.54 Å². The SMILES string of the molecule is CC(C)COC(=O)N1CC[C@H](OS(C)(=O)=O)C[C@@H]1c1ccc(F)c(F)c1. The second-order valence-electron chi connectivity index (χ2n) is 6.80. The number of halogens is 2. The van der Waals surface area contributed by atoms with Gasteiger partial charge in [-0.1, -0.05) is 19.9 Å². The third-order valence-electron chi connectivity index (χ3n) is 3.97. The van der Waals surface area contributed by atoms with Gasteiger partial charge in [-0.2, -0.15) is 8.42 Å². The highest BCUT2D eigenvalue weighted by atomic mass is 32.2. The zero-order valence-corrected chi connectivity index (χ0v) is 15.8. The molecule has 6 nitrogen and oxygen atoms in total. The number of ether oxygens (including phenoxy) is 1. The maximum Gasteiger partial charge on any atom is 0.410 e. The Balaban J connectivity index is 2.25. The van der Waals surface area contributed by atoms with E-state index < -0.39 is 40.0 Å². The highest BCUT2D eigenvalue weighted by molar-refractivity contribution is 7.86. The molecule has 0 spiro atoms. The Morgan fingerprint density at radius 1 is 1.31 bits per heavy atom. The van der Waals surface area contributed by atoms with Crippen molar-refractivity contribution in [2.24, 2.45) is 5.92 Å². The fourth-order valence-corrected chi connectivity index (χ4v) is 3.51. The van der Waals surface area contributed by atoms with Crippen LogP contribution in [0.15, 0.2) is 18.2 Å². The minimum absolute atomic E-state index is 0.134. The van der Waals surface area contributed by atoms with E-state index in [1.807, 2.05) is 13.8 Å². The molecule has 26 heavy (non-hydrogen) atoms. The van der Waals surface area contributed by atoms with Crippen LogP contribution in [0, 0.1) is 17.6 Å². The topological polar surface area (TPSA) is 72.9 Å². The minimum Gasteiger partial charge on any atom is -0.449 e. The highest BCUT2D eigenvalue weighted by Crippen LogP contribution is 2.34. The van der Waals surface area contributed by atoms with Crippen molar-refractivity contribution in [3.8, 4) is 0 Å². The van der Waals surface area contributed by atoms with Crippen molar-refractivity contribution in [1.82, 2.24) is 4.90 Å². The van der Waals surface area contributed by atoms with Crippen LogP contribution in [0.25, 0.3) is 0 Å². The number of rotatable bonds is 5. The minimum atomic E-state index is -3.67. The molecule has 146 valence electrons. The first kappa shape index (κ1) is 20.6. The monoisotopic (exact) mass is 391 g/mol. The van der Waals surface area contributed by atoms with Crippen LogP contribution in [0.2, 0.25) is 0 Å². The molecule has 1 aliphatic heterocycles. The molecule has 0 aliphatic carbocycles. The molecule has 0 bridgehead atoms. The molecular formula is C17H23F2NO5S. The van der Waals surface area contributed by atoms with E-state index in [0.717, 1.165) is 18.4 Å². The van der Waals surface area contributed by atoms with Gasteiger partial charge in [0.2, 0.25) is 0 Å². The van der Waals surface area contributed by atoms with E-state index in [1.165, 1.54) is 11.0 Å². The number of carbonyl (C=O) groups is 1. The number of benzene rings is 1. The lowest BCUT2D eigenvalue weighted by molar-refractivity contribution is 0.0353. The molecule has 1 aromatic rings. The van der Waals surface area contributed by atoms with Gasteiger partial charge in [0.1, 0.15) is 0 Å². The number of hydrogen-bond acceptors (Lipinski definition) is 5. The van der Waals surface area contributed by atoms with E-state index in [0.29, 0.717) is 12.0 Å². The number of carbonyl (C=O) groups excluding carboxylic acids is 1. The zero-order valence-electron chi connectivity index (χ0n) is 14.9. The molecule has 1 aromatic carbocycles. The van der Waals surface area contributed by atoms with E-state index in [9.17, 15) is 22.0 Å². The molecule has 0 aromatic heterocycles. The van der Waals surface area contributed by atoms with E-state index in [-0.39, 0.29) is 25.5 Å². The summed E-state index contributed by atoms with van der Waals surface area (Å²) in [6.45, 7) is 4.20. The third-order valence-corrected chi connectivity index (χ3v) is 4.59. The van der Waals surface area contributed by atoms with Gasteiger partial charge in [-0.15, -0.1) is 0 Å². The molecule has 1 aliphatic rings. The summed E-state index contributed by atoms with van der Waals surface area (Å²) in [5.74, 6) is -1.89. The van der Waals surface area contributed by atoms with Gasteiger partial charge in [0.15, 0.2) is 11.6 Å². The lowest BCUT2D eigenvalue weighted by Crippen LogP contribution is -2.44. The number of piperidine rings is 1. The summed E-state index contributed by atoms with van der Waals surface area (Å²) in [5, 5.41) is 0. The molecule has 9 heteroatoms. The zero-order chi connectivity index (χ0) is 19.5. The lowest BCUT2D eigenvalue weighted by Gasteiger charge is -2.38. The van der Waals surface area contributed by atoms with Crippen molar-refractivity contribution in [2.45, 2.75) is 38.8 Å². The van der Waals surface area contributed by atoms with Crippen molar-refractivity contribution in [1.29, 1.82) is 0 Å². The normalized spacial score (nSPS) is 21.1. The summed E-state index contributed by atoms with van der Waals surface area (Å²) >= 11 is 0. The highest BCUT2D eigenvalue weighted by Gasteiger charge is 2.35. The van der Waals surface area contributed by atoms with E-state index in [4.69, 9.17) is 8.92 Å². The number of likely N-dealkylation sites (tertiary alicyclic amines) is 1. The molecule has 0 saturated carbocycles. The van der Waals surface area contributed by atoms with Crippen molar-refractivity contribution in [3.63, 3.8) is 0 Å². The van der Waals surface area contributed by atoms with E-state index >= 15 is 0 Å². The van der Waals surface area contributed by atoms with Crippen molar-refractivity contribution in [2.75, 3.05) is 19.4 Å². The third kappa shape index (κ3) is 5.63. The number of nitrogens with zero attached hydrogens (tertiary/aromatic N) is 1. The molecule has 1 saturated heterocycles. The average molecular weight is 391 g/mol. The smallest absolute Gasteiger partial charge is 0.410 e. The predicted molar refractivity (Wildman–Crippen MR) is 90.9 cm³/mol. The van der Waals surface area contributed by atoms with Crippen molar-refractivity contribution >= 4 is 16.2 Å². The van der Waals surface area contributed by atoms with E-state index in [2.05, 4.69) is 0 Å². The van der Waals surface area contributed by atoms with Gasteiger partial charge in [-0.3, -0.25) is 4.18 Å². The van der Waals surface area contributed by atoms with Gasteiger partial charge in [-0.05, 0) is 36.5 Å². The molecular weight excluding hydrogens is 368 g/mol. The van der Waals surface area contributed by atoms with Crippen LogP contribution in [0.1, 0.15) is 38.3 Å². The second kappa shape index (κ2) is 8.30. The molecule has 0 unspecified atom stereocenters. The van der Waals surface area contributed by atoms with Crippen LogP contribution in [0.3, 0.4) is 0 Å². The largest absolute Gasteiger partial charge is 0.449 e. The van der Waals surface area contributed by atoms with Gasteiger partial charge in [0.05, 0.1) is 25.0 Å². The molecule has 1 amide bonds. The van der Waals surface area contributed by atoms with Crippen LogP contribution in [-0.4, -0.2) is 44.9 Å². The van der Waals surface area contributed by atoms with Crippen molar-refractivity contribution < 1.29 is 30.9 Å². The summed E-state index contributed by atoms with van der Waals surface area (Å²) in [5.41, 5.74) is 0.354. The Hall–Kier alpha value is -1.74. The summed E-state index contributed by atoms with van der Waals surface area (Å²) in [4.78, 5) is 13.8. The van der Waals surface area contributed by atoms with Crippen LogP contribution in [0.5, 0.6) is 0 Å². The summed E-state index contributed by atoms with van der Waals surface area (Å²) in [6.07, 6.45) is 0.144. The predicted octanol–water partition coefficient (Wildman–Crippen LogP) is 3.24. The first-order chi connectivity index (χ1) is 12.1. The Labute approximate surface area is 152 Å². The number of amides is 1. The maximum atomic E-state index is 13.6. The Kier molecular flexibility index (Phi) is 6.57.